The van der Waals surface area contributed by atoms with Crippen molar-refractivity contribution in [3.8, 4) is 0 Å². The van der Waals surface area contributed by atoms with Crippen LogP contribution >= 0.6 is 0 Å². The van der Waals surface area contributed by atoms with Gasteiger partial charge in [-0.15, -0.1) is 0 Å². The number of rotatable bonds is 20. The lowest BCUT2D eigenvalue weighted by Crippen LogP contribution is -2.69. The van der Waals surface area contributed by atoms with E-state index in [0.29, 0.717) is 26.1 Å². The van der Waals surface area contributed by atoms with Crippen molar-refractivity contribution >= 4 is 11.9 Å². The first kappa shape index (κ1) is 35.1. The number of hydrogen-bond donors (Lipinski definition) is 1. The van der Waals surface area contributed by atoms with Gasteiger partial charge >= 0.3 is 12.0 Å². The molecule has 1 aliphatic heterocycles. The number of alkyl halides is 2. The summed E-state index contributed by atoms with van der Waals surface area (Å²) in [6.45, 7) is 9.12. The summed E-state index contributed by atoms with van der Waals surface area (Å²) in [5.74, 6) is -5.92. The molecule has 1 amide bonds. The van der Waals surface area contributed by atoms with E-state index in [1.165, 1.54) is 13.8 Å². The molecule has 1 N–H and O–H groups in total. The van der Waals surface area contributed by atoms with E-state index in [9.17, 15) is 19.7 Å². The van der Waals surface area contributed by atoms with Crippen molar-refractivity contribution in [1.29, 1.82) is 0 Å². The van der Waals surface area contributed by atoms with Crippen LogP contribution in [-0.4, -0.2) is 92.3 Å². The zero-order valence-corrected chi connectivity index (χ0v) is 23.8. The molecule has 0 aromatic carbocycles. The van der Waals surface area contributed by atoms with Crippen LogP contribution in [0.15, 0.2) is 0 Å². The molecule has 0 aromatic heterocycles. The minimum absolute atomic E-state index is 0.0830. The fourth-order valence-electron chi connectivity index (χ4n) is 4.26. The second-order valence-corrected chi connectivity index (χ2v) is 9.65. The molecule has 1 fully saturated rings. The van der Waals surface area contributed by atoms with E-state index in [4.69, 9.17) is 18.9 Å². The van der Waals surface area contributed by atoms with E-state index in [0.717, 1.165) is 25.7 Å². The van der Waals surface area contributed by atoms with E-state index in [2.05, 4.69) is 10.1 Å². The largest absolute Gasteiger partial charge is 0.461 e. The first-order valence-electron chi connectivity index (χ1n) is 13.9. The van der Waals surface area contributed by atoms with Crippen LogP contribution in [0.25, 0.3) is 0 Å². The first-order chi connectivity index (χ1) is 18.5. The molecule has 1 unspecified atom stereocenters. The van der Waals surface area contributed by atoms with Gasteiger partial charge in [-0.05, 0) is 26.2 Å². The Labute approximate surface area is 229 Å². The van der Waals surface area contributed by atoms with Gasteiger partial charge in [0.15, 0.2) is 0 Å². The first-order valence-corrected chi connectivity index (χ1v) is 13.9. The van der Waals surface area contributed by atoms with Crippen molar-refractivity contribution in [2.45, 2.75) is 122 Å². The molecule has 0 aliphatic carbocycles. The summed E-state index contributed by atoms with van der Waals surface area (Å²) < 4.78 is 60.2. The van der Waals surface area contributed by atoms with Crippen molar-refractivity contribution < 1.29 is 47.0 Å². The van der Waals surface area contributed by atoms with Crippen LogP contribution in [0.3, 0.4) is 0 Å². The van der Waals surface area contributed by atoms with Gasteiger partial charge in [0.1, 0.15) is 24.4 Å². The van der Waals surface area contributed by atoms with E-state index in [1.807, 2.05) is 20.8 Å². The zero-order chi connectivity index (χ0) is 29.4. The summed E-state index contributed by atoms with van der Waals surface area (Å²) >= 11 is 0. The highest BCUT2D eigenvalue weighted by atomic mass is 19.3. The lowest BCUT2D eigenvalue weighted by Gasteiger charge is -2.48. The Hall–Kier alpha value is -1.96. The topological polar surface area (TPSA) is 135 Å². The Kier molecular flexibility index (Phi) is 16.5. The molecule has 11 nitrogen and oxygen atoms in total. The van der Waals surface area contributed by atoms with Crippen LogP contribution in [0.2, 0.25) is 0 Å². The Morgan fingerprint density at radius 3 is 2.08 bits per heavy atom. The molecule has 13 heteroatoms. The molecule has 1 aliphatic rings. The molecule has 0 spiro atoms. The number of hydrogen-bond acceptors (Lipinski definition) is 9. The van der Waals surface area contributed by atoms with Gasteiger partial charge in [0, 0.05) is 31.7 Å². The molecule has 1 rings (SSSR count). The molecule has 0 radical (unpaired) electrons. The number of nitro groups is 1. The van der Waals surface area contributed by atoms with E-state index < -0.39 is 65.6 Å². The fourth-order valence-corrected chi connectivity index (χ4v) is 4.26. The van der Waals surface area contributed by atoms with Crippen LogP contribution in [0.5, 0.6) is 0 Å². The third kappa shape index (κ3) is 11.6. The van der Waals surface area contributed by atoms with Gasteiger partial charge in [-0.3, -0.25) is 14.9 Å². The van der Waals surface area contributed by atoms with Gasteiger partial charge in [-0.25, -0.2) is 13.6 Å². The maximum Gasteiger partial charge on any atom is 0.381 e. The Balaban J connectivity index is 3.47. The second kappa shape index (κ2) is 18.4. The monoisotopic (exact) mass is 568 g/mol. The van der Waals surface area contributed by atoms with Crippen molar-refractivity contribution in [2.75, 3.05) is 33.0 Å². The minimum atomic E-state index is -3.93. The number of amides is 1. The van der Waals surface area contributed by atoms with Crippen molar-refractivity contribution in [1.82, 2.24) is 5.32 Å². The van der Waals surface area contributed by atoms with Crippen molar-refractivity contribution in [2.24, 2.45) is 0 Å². The Morgan fingerprint density at radius 2 is 1.56 bits per heavy atom. The van der Waals surface area contributed by atoms with Gasteiger partial charge in [-0.2, -0.15) is 0 Å². The number of carbonyl (C=O) groups excluding carboxylic acids is 2. The molecular formula is C26H46F2N2O9. The Morgan fingerprint density at radius 1 is 1.00 bits per heavy atom. The molecule has 0 saturated carbocycles. The quantitative estimate of drug-likeness (QED) is 0.101. The number of carbonyl (C=O) groups is 2. The number of halogens is 2. The summed E-state index contributed by atoms with van der Waals surface area (Å²) in [7, 11) is 0. The number of nitrogens with one attached hydrogen (secondary N) is 1. The zero-order valence-electron chi connectivity index (χ0n) is 23.8. The molecule has 1 heterocycles. The third-order valence-electron chi connectivity index (χ3n) is 6.30. The molecular weight excluding hydrogens is 522 g/mol. The summed E-state index contributed by atoms with van der Waals surface area (Å²) in [6, 6.07) is -3.73. The van der Waals surface area contributed by atoms with Gasteiger partial charge in [-0.1, -0.05) is 40.0 Å². The number of nitrogens with zero attached hydrogens (tertiary/aromatic N) is 1. The Bertz CT molecular complexity index is 744. The molecule has 0 aromatic rings. The predicted octanol–water partition coefficient (Wildman–Crippen LogP) is 3.68. The second-order valence-electron chi connectivity index (χ2n) is 9.65. The van der Waals surface area contributed by atoms with E-state index >= 15 is 8.78 Å². The van der Waals surface area contributed by atoms with Gasteiger partial charge in [0.2, 0.25) is 5.91 Å². The van der Waals surface area contributed by atoms with Crippen molar-refractivity contribution in [3.05, 3.63) is 10.1 Å². The third-order valence-corrected chi connectivity index (χ3v) is 6.30. The molecule has 39 heavy (non-hydrogen) atoms. The van der Waals surface area contributed by atoms with E-state index in [-0.39, 0.29) is 19.8 Å². The van der Waals surface area contributed by atoms with Crippen molar-refractivity contribution in [3.63, 3.8) is 0 Å². The van der Waals surface area contributed by atoms with Gasteiger partial charge in [0.05, 0.1) is 25.7 Å². The lowest BCUT2D eigenvalue weighted by molar-refractivity contribution is -0.516. The highest BCUT2D eigenvalue weighted by Gasteiger charge is 2.59. The van der Waals surface area contributed by atoms with Crippen LogP contribution < -0.4 is 5.32 Å². The fraction of sp³-hybridized carbons (Fsp3) is 0.923. The van der Waals surface area contributed by atoms with Crippen LogP contribution in [0.4, 0.5) is 8.78 Å². The number of esters is 1. The molecule has 228 valence electrons. The van der Waals surface area contributed by atoms with Gasteiger partial charge in [0.25, 0.3) is 5.92 Å². The van der Waals surface area contributed by atoms with Gasteiger partial charge < -0.3 is 29.0 Å². The number of ether oxygens (including phenoxy) is 5. The smallest absolute Gasteiger partial charge is 0.381 e. The average molecular weight is 569 g/mol. The summed E-state index contributed by atoms with van der Waals surface area (Å²) in [6.07, 6.45) is -1.89. The molecule has 6 atom stereocenters. The predicted molar refractivity (Wildman–Crippen MR) is 138 cm³/mol. The summed E-state index contributed by atoms with van der Waals surface area (Å²) in [5.41, 5.74) is 0. The number of unbranched alkanes of at least 4 members (excludes halogenated alkanes) is 3. The SMILES string of the molecule is CCCCOC[C@H]1O[C@H](C(F)(F)CC(C(=O)OCC)[N+](=O)[O-])[C@@H](NC(C)=O)[C@@H](OCCCC)[C@H]1OCCCC. The molecule has 0 bridgehead atoms. The lowest BCUT2D eigenvalue weighted by atomic mass is 9.87. The van der Waals surface area contributed by atoms with Crippen LogP contribution in [0.1, 0.15) is 79.6 Å². The average Bonchev–Trinajstić information content (AvgIpc) is 2.87. The van der Waals surface area contributed by atoms with Crippen LogP contribution in [0, 0.1) is 10.1 Å². The van der Waals surface area contributed by atoms with Crippen LogP contribution in [-0.2, 0) is 33.3 Å². The normalized spacial score (nSPS) is 24.2. The summed E-state index contributed by atoms with van der Waals surface area (Å²) in [4.78, 5) is 34.7. The highest BCUT2D eigenvalue weighted by molar-refractivity contribution is 5.74. The van der Waals surface area contributed by atoms with E-state index in [1.54, 1.807) is 0 Å². The standard InChI is InChI=1S/C26H46F2N2O9/c1-6-10-13-35-17-20-22(37-14-11-7-2)23(38-15-12-8-3)21(29-18(5)31)24(39-20)26(27,28)16-19(30(33)34)25(32)36-9-4/h19-24H,6-17H2,1-5H3,(H,29,31)/t19?,20-,21+,22+,23-,24+/m1/s1. The molecule has 1 saturated heterocycles. The highest BCUT2D eigenvalue weighted by Crippen LogP contribution is 2.38. The summed E-state index contributed by atoms with van der Waals surface area (Å²) in [5, 5.41) is 14.0. The maximum atomic E-state index is 15.9. The maximum absolute atomic E-state index is 15.9. The minimum Gasteiger partial charge on any atom is -0.461 e.